The summed E-state index contributed by atoms with van der Waals surface area (Å²) in [5.41, 5.74) is 0.720. The molecule has 0 aliphatic rings. The van der Waals surface area contributed by atoms with Crippen LogP contribution in [0.25, 0.3) is 0 Å². The van der Waals surface area contributed by atoms with Gasteiger partial charge in [-0.1, -0.05) is 23.7 Å². The van der Waals surface area contributed by atoms with Crippen LogP contribution in [-0.2, 0) is 11.2 Å². The number of anilines is 1. The molecule has 0 aliphatic carbocycles. The largest absolute Gasteiger partial charge is 0.325 e. The van der Waals surface area contributed by atoms with E-state index in [4.69, 9.17) is 11.6 Å². The third-order valence-electron chi connectivity index (χ3n) is 2.52. The van der Waals surface area contributed by atoms with Gasteiger partial charge in [0.15, 0.2) is 0 Å². The molecule has 0 aliphatic heterocycles. The molecule has 0 fully saturated rings. The van der Waals surface area contributed by atoms with E-state index in [2.05, 4.69) is 22.1 Å². The van der Waals surface area contributed by atoms with Crippen LogP contribution in [0, 0.1) is 0 Å². The Hall–Kier alpha value is -1.36. The highest BCUT2D eigenvalue weighted by Crippen LogP contribution is 2.14. The van der Waals surface area contributed by atoms with Crippen molar-refractivity contribution in [1.29, 1.82) is 0 Å². The topological polar surface area (TPSA) is 41.1 Å². The van der Waals surface area contributed by atoms with E-state index in [0.717, 1.165) is 18.7 Å². The number of carbonyl (C=O) groups excluding carboxylic acids is 1. The maximum Gasteiger partial charge on any atom is 0.238 e. The maximum absolute atomic E-state index is 11.7. The second-order valence-corrected chi connectivity index (χ2v) is 5.53. The fourth-order valence-corrected chi connectivity index (χ4v) is 2.54. The highest BCUT2D eigenvalue weighted by atomic mass is 35.5. The summed E-state index contributed by atoms with van der Waals surface area (Å²) in [6.45, 7) is 1.10. The Kier molecular flexibility index (Phi) is 5.39. The number of halogens is 1. The first-order valence-electron chi connectivity index (χ1n) is 6.02. The summed E-state index contributed by atoms with van der Waals surface area (Å²) in [6.07, 6.45) is 0.947. The van der Waals surface area contributed by atoms with Crippen LogP contribution in [0.15, 0.2) is 41.8 Å². The summed E-state index contributed by atoms with van der Waals surface area (Å²) < 4.78 is 0. The molecule has 5 heteroatoms. The van der Waals surface area contributed by atoms with Crippen LogP contribution in [-0.4, -0.2) is 19.0 Å². The molecule has 0 spiro atoms. The van der Waals surface area contributed by atoms with Gasteiger partial charge in [0.1, 0.15) is 0 Å². The van der Waals surface area contributed by atoms with Crippen LogP contribution in [0.2, 0.25) is 5.02 Å². The van der Waals surface area contributed by atoms with Gasteiger partial charge in [0, 0.05) is 22.1 Å². The van der Waals surface area contributed by atoms with Crippen LogP contribution < -0.4 is 10.6 Å². The predicted octanol–water partition coefficient (Wildman–Crippen LogP) is 3.17. The van der Waals surface area contributed by atoms with E-state index >= 15 is 0 Å². The summed E-state index contributed by atoms with van der Waals surface area (Å²) in [6, 6.07) is 11.3. The van der Waals surface area contributed by atoms with Crippen LogP contribution >= 0.6 is 22.9 Å². The van der Waals surface area contributed by atoms with Gasteiger partial charge in [-0.2, -0.15) is 0 Å². The summed E-state index contributed by atoms with van der Waals surface area (Å²) in [5.74, 6) is -0.0616. The number of rotatable bonds is 6. The minimum absolute atomic E-state index is 0.0616. The van der Waals surface area contributed by atoms with Crippen LogP contribution in [0.4, 0.5) is 5.69 Å². The van der Waals surface area contributed by atoms with Gasteiger partial charge in [-0.15, -0.1) is 11.3 Å². The molecule has 0 radical (unpaired) electrons. The lowest BCUT2D eigenvalue weighted by Crippen LogP contribution is -2.29. The van der Waals surface area contributed by atoms with Gasteiger partial charge in [-0.25, -0.2) is 0 Å². The van der Waals surface area contributed by atoms with Crippen molar-refractivity contribution in [1.82, 2.24) is 5.32 Å². The average molecular weight is 295 g/mol. The van der Waals surface area contributed by atoms with Gasteiger partial charge in [0.2, 0.25) is 5.91 Å². The van der Waals surface area contributed by atoms with E-state index < -0.39 is 0 Å². The SMILES string of the molecule is O=C(CNCCc1cccs1)Nc1cccc(Cl)c1. The highest BCUT2D eigenvalue weighted by molar-refractivity contribution is 7.09. The van der Waals surface area contributed by atoms with Crippen molar-refractivity contribution in [3.63, 3.8) is 0 Å². The molecule has 0 bridgehead atoms. The molecule has 1 aromatic heterocycles. The molecule has 2 aromatic rings. The molecule has 3 nitrogen and oxygen atoms in total. The molecular formula is C14H15ClN2OS. The Morgan fingerprint density at radius 1 is 1.26 bits per heavy atom. The molecule has 19 heavy (non-hydrogen) atoms. The van der Waals surface area contributed by atoms with Crippen molar-refractivity contribution in [2.24, 2.45) is 0 Å². The number of thiophene rings is 1. The molecule has 1 amide bonds. The average Bonchev–Trinajstić information content (AvgIpc) is 2.88. The van der Waals surface area contributed by atoms with Crippen molar-refractivity contribution in [2.75, 3.05) is 18.4 Å². The van der Waals surface area contributed by atoms with Crippen molar-refractivity contribution in [2.45, 2.75) is 6.42 Å². The van der Waals surface area contributed by atoms with Gasteiger partial charge in [0.25, 0.3) is 0 Å². The molecular weight excluding hydrogens is 280 g/mol. The lowest BCUT2D eigenvalue weighted by molar-refractivity contribution is -0.115. The van der Waals surface area contributed by atoms with Crippen molar-refractivity contribution >= 4 is 34.5 Å². The minimum Gasteiger partial charge on any atom is -0.325 e. The Morgan fingerprint density at radius 2 is 2.16 bits per heavy atom. The zero-order valence-electron chi connectivity index (χ0n) is 10.4. The van der Waals surface area contributed by atoms with Gasteiger partial charge in [-0.3, -0.25) is 4.79 Å². The summed E-state index contributed by atoms with van der Waals surface area (Å²) in [4.78, 5) is 13.0. The molecule has 0 unspecified atom stereocenters. The Balaban J connectivity index is 1.67. The first kappa shape index (κ1) is 14.1. The van der Waals surface area contributed by atoms with Crippen LogP contribution in [0.5, 0.6) is 0 Å². The van der Waals surface area contributed by atoms with Crippen molar-refractivity contribution in [3.8, 4) is 0 Å². The molecule has 1 heterocycles. The highest BCUT2D eigenvalue weighted by Gasteiger charge is 2.02. The summed E-state index contributed by atoms with van der Waals surface area (Å²) >= 11 is 7.58. The smallest absolute Gasteiger partial charge is 0.238 e. The Labute approximate surface area is 121 Å². The fraction of sp³-hybridized carbons (Fsp3) is 0.214. The lowest BCUT2D eigenvalue weighted by atomic mass is 10.3. The van der Waals surface area contributed by atoms with E-state index in [1.54, 1.807) is 23.5 Å². The van der Waals surface area contributed by atoms with E-state index in [9.17, 15) is 4.79 Å². The number of benzene rings is 1. The maximum atomic E-state index is 11.7. The normalized spacial score (nSPS) is 10.4. The van der Waals surface area contributed by atoms with Gasteiger partial charge in [-0.05, 0) is 36.1 Å². The zero-order valence-corrected chi connectivity index (χ0v) is 11.9. The number of hydrogen-bond acceptors (Lipinski definition) is 3. The quantitative estimate of drug-likeness (QED) is 0.804. The monoisotopic (exact) mass is 294 g/mol. The molecule has 0 atom stereocenters. The molecule has 100 valence electrons. The molecule has 2 rings (SSSR count). The molecule has 0 saturated carbocycles. The van der Waals surface area contributed by atoms with Gasteiger partial charge < -0.3 is 10.6 Å². The number of amides is 1. The van der Waals surface area contributed by atoms with Gasteiger partial charge in [0.05, 0.1) is 6.54 Å². The minimum atomic E-state index is -0.0616. The third kappa shape index (κ3) is 5.03. The summed E-state index contributed by atoms with van der Waals surface area (Å²) in [5, 5.41) is 8.58. The Morgan fingerprint density at radius 3 is 2.89 bits per heavy atom. The van der Waals surface area contributed by atoms with E-state index in [1.807, 2.05) is 18.2 Å². The van der Waals surface area contributed by atoms with Crippen molar-refractivity contribution in [3.05, 3.63) is 51.7 Å². The molecule has 0 saturated heterocycles. The number of nitrogens with one attached hydrogen (secondary N) is 2. The first-order chi connectivity index (χ1) is 9.24. The predicted molar refractivity (Wildman–Crippen MR) is 81.0 cm³/mol. The van der Waals surface area contributed by atoms with E-state index in [-0.39, 0.29) is 5.91 Å². The second-order valence-electron chi connectivity index (χ2n) is 4.06. The molecule has 1 aromatic carbocycles. The molecule has 2 N–H and O–H groups in total. The summed E-state index contributed by atoms with van der Waals surface area (Å²) in [7, 11) is 0. The van der Waals surface area contributed by atoms with Crippen LogP contribution in [0.1, 0.15) is 4.88 Å². The van der Waals surface area contributed by atoms with E-state index in [0.29, 0.717) is 11.6 Å². The third-order valence-corrected chi connectivity index (χ3v) is 3.69. The van der Waals surface area contributed by atoms with Crippen molar-refractivity contribution < 1.29 is 4.79 Å². The zero-order chi connectivity index (χ0) is 13.5. The van der Waals surface area contributed by atoms with E-state index in [1.165, 1.54) is 4.88 Å². The second kappa shape index (κ2) is 7.28. The van der Waals surface area contributed by atoms with Gasteiger partial charge >= 0.3 is 0 Å². The number of hydrogen-bond donors (Lipinski definition) is 2. The first-order valence-corrected chi connectivity index (χ1v) is 7.28. The number of carbonyl (C=O) groups is 1. The fourth-order valence-electron chi connectivity index (χ4n) is 1.64. The lowest BCUT2D eigenvalue weighted by Gasteiger charge is -2.06. The standard InChI is InChI=1S/C14H15ClN2OS/c15-11-3-1-4-12(9-11)17-14(18)10-16-7-6-13-5-2-8-19-13/h1-5,8-9,16H,6-7,10H2,(H,17,18). The Bertz CT molecular complexity index is 528. The van der Waals surface area contributed by atoms with Crippen LogP contribution in [0.3, 0.4) is 0 Å².